The third-order valence-electron chi connectivity index (χ3n) is 3.63. The second kappa shape index (κ2) is 6.96. The van der Waals surface area contributed by atoms with Crippen LogP contribution in [0.5, 0.6) is 5.75 Å². The Morgan fingerprint density at radius 1 is 1.26 bits per heavy atom. The van der Waals surface area contributed by atoms with E-state index in [1.807, 2.05) is 0 Å². The van der Waals surface area contributed by atoms with Crippen LogP contribution in [0, 0.1) is 0 Å². The molecule has 140 valence electrons. The summed E-state index contributed by atoms with van der Waals surface area (Å²) in [6, 6.07) is 9.58. The molecule has 11 heteroatoms. The lowest BCUT2D eigenvalue weighted by Gasteiger charge is -2.13. The molecule has 0 aliphatic carbocycles. The van der Waals surface area contributed by atoms with Crippen LogP contribution in [0.2, 0.25) is 0 Å². The molecule has 3 N–H and O–H groups in total. The van der Waals surface area contributed by atoms with E-state index >= 15 is 0 Å². The standard InChI is InChI=1S/C16H14N4O6S/c1-26-13-6-5-10(15(21)22)7-14(13)27(24,25)19-11-3-2-4-12(8-11)20-9-17-18-16(20)23/h2-9,19H,1H3,(H,18,23)(H,21,22). The first kappa shape index (κ1) is 18.2. The summed E-state index contributed by atoms with van der Waals surface area (Å²) in [7, 11) is -2.88. The van der Waals surface area contributed by atoms with Gasteiger partial charge in [0.2, 0.25) is 0 Å². The zero-order valence-corrected chi connectivity index (χ0v) is 14.7. The number of carboxylic acids is 1. The summed E-state index contributed by atoms with van der Waals surface area (Å²) in [4.78, 5) is 22.5. The molecule has 0 bridgehead atoms. The van der Waals surface area contributed by atoms with Gasteiger partial charge in [0.25, 0.3) is 10.0 Å². The molecular formula is C16H14N4O6S. The minimum absolute atomic E-state index is 0.00490. The molecule has 0 spiro atoms. The van der Waals surface area contributed by atoms with Crippen LogP contribution >= 0.6 is 0 Å². The number of sulfonamides is 1. The average molecular weight is 390 g/mol. The van der Waals surface area contributed by atoms with Crippen LogP contribution in [0.15, 0.2) is 58.5 Å². The Morgan fingerprint density at radius 2 is 2.04 bits per heavy atom. The minimum Gasteiger partial charge on any atom is -0.495 e. The van der Waals surface area contributed by atoms with Crippen LogP contribution in [0.4, 0.5) is 5.69 Å². The van der Waals surface area contributed by atoms with Gasteiger partial charge in [-0.15, -0.1) is 0 Å². The quantitative estimate of drug-likeness (QED) is 0.571. The second-order valence-corrected chi connectivity index (χ2v) is 7.01. The number of aromatic nitrogens is 3. The van der Waals surface area contributed by atoms with E-state index in [9.17, 15) is 18.0 Å². The molecule has 0 radical (unpaired) electrons. The van der Waals surface area contributed by atoms with Gasteiger partial charge in [-0.05, 0) is 36.4 Å². The Kier molecular flexibility index (Phi) is 4.69. The summed E-state index contributed by atoms with van der Waals surface area (Å²) in [6.45, 7) is 0. The molecule has 1 heterocycles. The number of aromatic carboxylic acids is 1. The van der Waals surface area contributed by atoms with Crippen molar-refractivity contribution in [2.45, 2.75) is 4.90 Å². The number of nitrogens with zero attached hydrogens (tertiary/aromatic N) is 2. The van der Waals surface area contributed by atoms with Gasteiger partial charge < -0.3 is 9.84 Å². The lowest BCUT2D eigenvalue weighted by atomic mass is 10.2. The summed E-state index contributed by atoms with van der Waals surface area (Å²) in [6.07, 6.45) is 1.26. The van der Waals surface area contributed by atoms with E-state index in [0.717, 1.165) is 6.07 Å². The highest BCUT2D eigenvalue weighted by Crippen LogP contribution is 2.27. The van der Waals surface area contributed by atoms with E-state index in [2.05, 4.69) is 14.9 Å². The Morgan fingerprint density at radius 3 is 2.67 bits per heavy atom. The molecule has 0 amide bonds. The van der Waals surface area contributed by atoms with Crippen molar-refractivity contribution in [3.05, 3.63) is 64.8 Å². The van der Waals surface area contributed by atoms with Crippen LogP contribution in [0.25, 0.3) is 5.69 Å². The fraction of sp³-hybridized carbons (Fsp3) is 0.0625. The van der Waals surface area contributed by atoms with Crippen LogP contribution < -0.4 is 15.1 Å². The smallest absolute Gasteiger partial charge is 0.347 e. The number of carboxylic acid groups (broad SMARTS) is 1. The molecular weight excluding hydrogens is 376 g/mol. The van der Waals surface area contributed by atoms with E-state index in [0.29, 0.717) is 5.69 Å². The third-order valence-corrected chi connectivity index (χ3v) is 5.03. The van der Waals surface area contributed by atoms with Crippen molar-refractivity contribution in [2.24, 2.45) is 0 Å². The lowest BCUT2D eigenvalue weighted by molar-refractivity contribution is 0.0696. The highest BCUT2D eigenvalue weighted by atomic mass is 32.2. The van der Waals surface area contributed by atoms with Crippen LogP contribution in [-0.2, 0) is 10.0 Å². The van der Waals surface area contributed by atoms with Gasteiger partial charge in [-0.25, -0.2) is 27.7 Å². The van der Waals surface area contributed by atoms with E-state index in [-0.39, 0.29) is 21.9 Å². The maximum Gasteiger partial charge on any atom is 0.347 e. The van der Waals surface area contributed by atoms with Gasteiger partial charge in [-0.1, -0.05) is 6.07 Å². The molecule has 0 aliphatic heterocycles. The number of aromatic amines is 1. The van der Waals surface area contributed by atoms with Gasteiger partial charge in [0.1, 0.15) is 17.0 Å². The predicted molar refractivity (Wildman–Crippen MR) is 94.9 cm³/mol. The van der Waals surface area contributed by atoms with Crippen molar-refractivity contribution in [3.63, 3.8) is 0 Å². The van der Waals surface area contributed by atoms with Gasteiger partial charge in [-0.2, -0.15) is 5.10 Å². The van der Waals surface area contributed by atoms with Crippen LogP contribution in [-0.4, -0.2) is 41.4 Å². The van der Waals surface area contributed by atoms with Crippen LogP contribution in [0.1, 0.15) is 10.4 Å². The number of hydrogen-bond donors (Lipinski definition) is 3. The monoisotopic (exact) mass is 390 g/mol. The summed E-state index contributed by atoms with van der Waals surface area (Å²) in [5, 5.41) is 15.0. The van der Waals surface area contributed by atoms with E-state index < -0.39 is 21.7 Å². The largest absolute Gasteiger partial charge is 0.495 e. The first-order valence-electron chi connectivity index (χ1n) is 7.48. The molecule has 27 heavy (non-hydrogen) atoms. The maximum atomic E-state index is 12.7. The summed E-state index contributed by atoms with van der Waals surface area (Å²) in [5.41, 5.74) is -0.121. The molecule has 0 saturated carbocycles. The first-order chi connectivity index (χ1) is 12.8. The van der Waals surface area contributed by atoms with Crippen molar-refractivity contribution < 1.29 is 23.1 Å². The fourth-order valence-corrected chi connectivity index (χ4v) is 3.63. The topological polar surface area (TPSA) is 143 Å². The van der Waals surface area contributed by atoms with Crippen molar-refractivity contribution >= 4 is 21.7 Å². The van der Waals surface area contributed by atoms with E-state index in [1.54, 1.807) is 12.1 Å². The molecule has 0 atom stereocenters. The summed E-state index contributed by atoms with van der Waals surface area (Å²) < 4.78 is 34.1. The number of hydrogen-bond acceptors (Lipinski definition) is 6. The van der Waals surface area contributed by atoms with Gasteiger partial charge in [-0.3, -0.25) is 4.72 Å². The molecule has 3 rings (SSSR count). The molecule has 0 aliphatic rings. The number of rotatable bonds is 6. The molecule has 0 unspecified atom stereocenters. The third kappa shape index (κ3) is 3.67. The summed E-state index contributed by atoms with van der Waals surface area (Å²) >= 11 is 0. The summed E-state index contributed by atoms with van der Waals surface area (Å²) in [5.74, 6) is -1.27. The van der Waals surface area contributed by atoms with Crippen molar-refractivity contribution in [1.82, 2.24) is 14.8 Å². The molecule has 3 aromatic rings. The molecule has 10 nitrogen and oxygen atoms in total. The maximum absolute atomic E-state index is 12.7. The number of ether oxygens (including phenoxy) is 1. The second-order valence-electron chi connectivity index (χ2n) is 5.36. The molecule has 0 saturated heterocycles. The molecule has 1 aromatic heterocycles. The Bertz CT molecular complexity index is 1170. The van der Waals surface area contributed by atoms with Crippen molar-refractivity contribution in [2.75, 3.05) is 11.8 Å². The number of nitrogens with one attached hydrogen (secondary N) is 2. The number of H-pyrrole nitrogens is 1. The van der Waals surface area contributed by atoms with E-state index in [4.69, 9.17) is 9.84 Å². The number of benzene rings is 2. The number of anilines is 1. The zero-order chi connectivity index (χ0) is 19.6. The Balaban J connectivity index is 2.01. The number of carbonyl (C=O) groups is 1. The van der Waals surface area contributed by atoms with Crippen molar-refractivity contribution in [1.29, 1.82) is 0 Å². The van der Waals surface area contributed by atoms with Gasteiger partial charge in [0.05, 0.1) is 24.0 Å². The molecule has 0 fully saturated rings. The Hall–Kier alpha value is -3.60. The Labute approximate surface area is 153 Å². The predicted octanol–water partition coefficient (Wildman–Crippen LogP) is 1.07. The first-order valence-corrected chi connectivity index (χ1v) is 8.97. The van der Waals surface area contributed by atoms with Gasteiger partial charge >= 0.3 is 11.7 Å². The fourth-order valence-electron chi connectivity index (χ4n) is 2.38. The average Bonchev–Trinajstić information content (AvgIpc) is 3.07. The highest BCUT2D eigenvalue weighted by molar-refractivity contribution is 7.92. The van der Waals surface area contributed by atoms with Crippen LogP contribution in [0.3, 0.4) is 0 Å². The molecule has 2 aromatic carbocycles. The van der Waals surface area contributed by atoms with Gasteiger partial charge in [0, 0.05) is 0 Å². The normalized spacial score (nSPS) is 11.1. The number of methoxy groups -OCH3 is 1. The van der Waals surface area contributed by atoms with Gasteiger partial charge in [0.15, 0.2) is 0 Å². The van der Waals surface area contributed by atoms with E-state index in [1.165, 1.54) is 42.3 Å². The minimum atomic E-state index is -4.16. The van der Waals surface area contributed by atoms with Crippen molar-refractivity contribution in [3.8, 4) is 11.4 Å². The zero-order valence-electron chi connectivity index (χ0n) is 13.9. The lowest BCUT2D eigenvalue weighted by Crippen LogP contribution is -2.16. The SMILES string of the molecule is COc1ccc(C(=O)O)cc1S(=O)(=O)Nc1cccc(-n2cn[nH]c2=O)c1. The highest BCUT2D eigenvalue weighted by Gasteiger charge is 2.22.